The van der Waals surface area contributed by atoms with Gasteiger partial charge in [-0.05, 0) is 25.1 Å². The van der Waals surface area contributed by atoms with Crippen LogP contribution < -0.4 is 0 Å². The monoisotopic (exact) mass is 229 g/mol. The maximum atomic E-state index is 9.26. The van der Waals surface area contributed by atoms with Gasteiger partial charge >= 0.3 is 0 Å². The highest BCUT2D eigenvalue weighted by Crippen LogP contribution is 2.35. The SMILES string of the molecule is COCCn1c(C2CC(O)C2)n[nH]c1=S. The van der Waals surface area contributed by atoms with E-state index in [1.165, 1.54) is 0 Å². The Morgan fingerprint density at radius 3 is 3.00 bits per heavy atom. The number of nitrogens with zero attached hydrogens (tertiary/aromatic N) is 2. The molecular weight excluding hydrogens is 214 g/mol. The van der Waals surface area contributed by atoms with Gasteiger partial charge in [0.15, 0.2) is 4.77 Å². The third kappa shape index (κ3) is 2.11. The van der Waals surface area contributed by atoms with Gasteiger partial charge in [-0.2, -0.15) is 5.10 Å². The van der Waals surface area contributed by atoms with Crippen LogP contribution in [0.5, 0.6) is 0 Å². The highest BCUT2D eigenvalue weighted by atomic mass is 32.1. The number of aliphatic hydroxyl groups excluding tert-OH is 1. The van der Waals surface area contributed by atoms with Crippen molar-refractivity contribution in [2.24, 2.45) is 0 Å². The summed E-state index contributed by atoms with van der Waals surface area (Å²) in [6, 6.07) is 0. The Morgan fingerprint density at radius 2 is 2.40 bits per heavy atom. The van der Waals surface area contributed by atoms with E-state index in [2.05, 4.69) is 10.2 Å². The topological polar surface area (TPSA) is 63.1 Å². The molecule has 1 aromatic heterocycles. The number of methoxy groups -OCH3 is 1. The van der Waals surface area contributed by atoms with E-state index in [-0.39, 0.29) is 6.10 Å². The molecule has 1 heterocycles. The minimum absolute atomic E-state index is 0.170. The first-order chi connectivity index (χ1) is 7.22. The molecule has 0 radical (unpaired) electrons. The normalized spacial score (nSPS) is 25.2. The lowest BCUT2D eigenvalue weighted by molar-refractivity contribution is 0.0696. The van der Waals surface area contributed by atoms with Crippen LogP contribution in [0.15, 0.2) is 0 Å². The van der Waals surface area contributed by atoms with Crippen molar-refractivity contribution < 1.29 is 9.84 Å². The summed E-state index contributed by atoms with van der Waals surface area (Å²) in [6.07, 6.45) is 1.40. The standard InChI is InChI=1S/C9H15N3O2S/c1-14-3-2-12-8(10-11-9(12)15)6-4-7(13)5-6/h6-7,13H,2-5H2,1H3,(H,11,15). The summed E-state index contributed by atoms with van der Waals surface area (Å²) in [6.45, 7) is 1.34. The molecule has 2 N–H and O–H groups in total. The van der Waals surface area contributed by atoms with Crippen molar-refractivity contribution in [3.05, 3.63) is 10.6 Å². The fraction of sp³-hybridized carbons (Fsp3) is 0.778. The average molecular weight is 229 g/mol. The minimum Gasteiger partial charge on any atom is -0.393 e. The Hall–Kier alpha value is -0.720. The van der Waals surface area contributed by atoms with Crippen LogP contribution in [0.4, 0.5) is 0 Å². The second kappa shape index (κ2) is 4.42. The zero-order valence-electron chi connectivity index (χ0n) is 8.64. The van der Waals surface area contributed by atoms with E-state index in [0.29, 0.717) is 23.8 Å². The van der Waals surface area contributed by atoms with Gasteiger partial charge in [0.25, 0.3) is 0 Å². The van der Waals surface area contributed by atoms with Gasteiger partial charge in [0.1, 0.15) is 5.82 Å². The van der Waals surface area contributed by atoms with E-state index in [0.717, 1.165) is 18.7 Å². The zero-order chi connectivity index (χ0) is 10.8. The number of hydrogen-bond acceptors (Lipinski definition) is 4. The lowest BCUT2D eigenvalue weighted by Crippen LogP contribution is -2.29. The second-order valence-electron chi connectivity index (χ2n) is 3.85. The van der Waals surface area contributed by atoms with E-state index in [4.69, 9.17) is 17.0 Å². The molecule has 1 fully saturated rings. The molecule has 0 aliphatic heterocycles. The van der Waals surface area contributed by atoms with E-state index < -0.39 is 0 Å². The third-order valence-electron chi connectivity index (χ3n) is 2.79. The van der Waals surface area contributed by atoms with Gasteiger partial charge in [0, 0.05) is 19.6 Å². The number of hydrogen-bond donors (Lipinski definition) is 2. The van der Waals surface area contributed by atoms with Crippen LogP contribution >= 0.6 is 12.2 Å². The van der Waals surface area contributed by atoms with Crippen molar-refractivity contribution in [2.45, 2.75) is 31.4 Å². The van der Waals surface area contributed by atoms with Crippen molar-refractivity contribution in [3.63, 3.8) is 0 Å². The first-order valence-electron chi connectivity index (χ1n) is 5.04. The Morgan fingerprint density at radius 1 is 1.67 bits per heavy atom. The summed E-state index contributed by atoms with van der Waals surface area (Å²) in [5, 5.41) is 16.2. The zero-order valence-corrected chi connectivity index (χ0v) is 9.46. The Bertz CT molecular complexity index is 381. The molecule has 0 amide bonds. The van der Waals surface area contributed by atoms with Crippen LogP contribution in [-0.4, -0.2) is 39.7 Å². The van der Waals surface area contributed by atoms with E-state index in [9.17, 15) is 5.11 Å². The molecule has 2 rings (SSSR count). The molecule has 6 heteroatoms. The predicted molar refractivity (Wildman–Crippen MR) is 57.3 cm³/mol. The van der Waals surface area contributed by atoms with Crippen molar-refractivity contribution in [3.8, 4) is 0 Å². The molecule has 84 valence electrons. The lowest BCUT2D eigenvalue weighted by atomic mass is 9.82. The molecule has 1 aliphatic rings. The van der Waals surface area contributed by atoms with Crippen molar-refractivity contribution in [1.29, 1.82) is 0 Å². The maximum Gasteiger partial charge on any atom is 0.195 e. The summed E-state index contributed by atoms with van der Waals surface area (Å²) < 4.78 is 7.60. The molecule has 0 bridgehead atoms. The Kier molecular flexibility index (Phi) is 3.18. The number of aromatic nitrogens is 3. The van der Waals surface area contributed by atoms with Crippen molar-refractivity contribution in [1.82, 2.24) is 14.8 Å². The average Bonchev–Trinajstić information content (AvgIpc) is 2.52. The van der Waals surface area contributed by atoms with Crippen LogP contribution in [0.1, 0.15) is 24.6 Å². The highest BCUT2D eigenvalue weighted by molar-refractivity contribution is 7.71. The van der Waals surface area contributed by atoms with E-state index >= 15 is 0 Å². The van der Waals surface area contributed by atoms with Gasteiger partial charge in [-0.1, -0.05) is 0 Å². The van der Waals surface area contributed by atoms with Crippen molar-refractivity contribution in [2.75, 3.05) is 13.7 Å². The van der Waals surface area contributed by atoms with Gasteiger partial charge in [-0.15, -0.1) is 0 Å². The number of aromatic amines is 1. The molecule has 0 spiro atoms. The minimum atomic E-state index is -0.170. The molecule has 0 unspecified atom stereocenters. The summed E-state index contributed by atoms with van der Waals surface area (Å²) in [4.78, 5) is 0. The molecule has 15 heavy (non-hydrogen) atoms. The third-order valence-corrected chi connectivity index (χ3v) is 3.10. The fourth-order valence-corrected chi connectivity index (χ4v) is 2.07. The van der Waals surface area contributed by atoms with E-state index in [1.807, 2.05) is 4.57 Å². The first-order valence-corrected chi connectivity index (χ1v) is 5.45. The number of ether oxygens (including phenoxy) is 1. The maximum absolute atomic E-state index is 9.26. The van der Waals surface area contributed by atoms with Gasteiger partial charge in [0.2, 0.25) is 0 Å². The Balaban J connectivity index is 2.13. The molecular formula is C9H15N3O2S. The van der Waals surface area contributed by atoms with Gasteiger partial charge in [0.05, 0.1) is 12.7 Å². The summed E-state index contributed by atoms with van der Waals surface area (Å²) in [5.74, 6) is 1.28. The van der Waals surface area contributed by atoms with Crippen LogP contribution in [0.3, 0.4) is 0 Å². The quantitative estimate of drug-likeness (QED) is 0.751. The summed E-state index contributed by atoms with van der Waals surface area (Å²) in [5.41, 5.74) is 0. The van der Waals surface area contributed by atoms with Crippen LogP contribution in [-0.2, 0) is 11.3 Å². The van der Waals surface area contributed by atoms with Gasteiger partial charge in [-0.25, -0.2) is 0 Å². The van der Waals surface area contributed by atoms with Crippen LogP contribution in [0.25, 0.3) is 0 Å². The lowest BCUT2D eigenvalue weighted by Gasteiger charge is -2.30. The predicted octanol–water partition coefficient (Wildman–Crippen LogP) is 0.825. The fourth-order valence-electron chi connectivity index (χ4n) is 1.84. The number of nitrogens with one attached hydrogen (secondary N) is 1. The number of H-pyrrole nitrogens is 1. The second-order valence-corrected chi connectivity index (χ2v) is 4.24. The Labute approximate surface area is 93.1 Å². The molecule has 0 saturated heterocycles. The van der Waals surface area contributed by atoms with Crippen molar-refractivity contribution >= 4 is 12.2 Å². The smallest absolute Gasteiger partial charge is 0.195 e. The molecule has 1 saturated carbocycles. The molecule has 5 nitrogen and oxygen atoms in total. The van der Waals surface area contributed by atoms with Gasteiger partial charge in [-0.3, -0.25) is 5.10 Å². The van der Waals surface area contributed by atoms with E-state index in [1.54, 1.807) is 7.11 Å². The van der Waals surface area contributed by atoms with Crippen LogP contribution in [0.2, 0.25) is 0 Å². The molecule has 1 aliphatic carbocycles. The molecule has 1 aromatic rings. The summed E-state index contributed by atoms with van der Waals surface area (Å²) >= 11 is 5.13. The molecule has 0 atom stereocenters. The molecule has 0 aromatic carbocycles. The first kappa shape index (κ1) is 10.8. The van der Waals surface area contributed by atoms with Gasteiger partial charge < -0.3 is 14.4 Å². The largest absolute Gasteiger partial charge is 0.393 e. The number of rotatable bonds is 4. The number of aliphatic hydroxyl groups is 1. The van der Waals surface area contributed by atoms with Crippen LogP contribution in [0, 0.1) is 4.77 Å². The highest BCUT2D eigenvalue weighted by Gasteiger charge is 2.32. The summed E-state index contributed by atoms with van der Waals surface area (Å²) in [7, 11) is 1.66.